The Hall–Kier alpha value is -2.05. The Balaban J connectivity index is 2.05. The van der Waals surface area contributed by atoms with Crippen molar-refractivity contribution in [1.82, 2.24) is 4.72 Å². The number of sulfonamides is 1. The van der Waals surface area contributed by atoms with Crippen LogP contribution in [0.5, 0.6) is 11.5 Å². The third-order valence-corrected chi connectivity index (χ3v) is 5.24. The molecule has 5 nitrogen and oxygen atoms in total. The Kier molecular flexibility index (Phi) is 7.28. The molecule has 2 aromatic carbocycles. The second kappa shape index (κ2) is 9.44. The van der Waals surface area contributed by atoms with Crippen molar-refractivity contribution in [1.29, 1.82) is 0 Å². The summed E-state index contributed by atoms with van der Waals surface area (Å²) in [7, 11) is -3.35. The zero-order chi connectivity index (χ0) is 18.1. The summed E-state index contributed by atoms with van der Waals surface area (Å²) in [6.07, 6.45) is 1.93. The van der Waals surface area contributed by atoms with Gasteiger partial charge in [0.2, 0.25) is 10.0 Å². The predicted octanol–water partition coefficient (Wildman–Crippen LogP) is 3.10. The molecule has 6 heteroatoms. The van der Waals surface area contributed by atoms with E-state index in [-0.39, 0.29) is 24.2 Å². The van der Waals surface area contributed by atoms with Crippen LogP contribution in [0.2, 0.25) is 0 Å². The molecule has 0 aromatic heterocycles. The summed E-state index contributed by atoms with van der Waals surface area (Å²) in [6, 6.07) is 15.7. The molecule has 0 saturated heterocycles. The van der Waals surface area contributed by atoms with Crippen molar-refractivity contribution in [3.8, 4) is 11.5 Å². The minimum absolute atomic E-state index is 0.112. The first kappa shape index (κ1) is 19.3. The quantitative estimate of drug-likeness (QED) is 0.680. The summed E-state index contributed by atoms with van der Waals surface area (Å²) in [4.78, 5) is 0. The molecule has 1 atom stereocenters. The number of hydrogen-bond donors (Lipinski definition) is 2. The zero-order valence-electron chi connectivity index (χ0n) is 14.4. The molecule has 2 N–H and O–H groups in total. The molecule has 0 heterocycles. The van der Waals surface area contributed by atoms with Gasteiger partial charge in [-0.2, -0.15) is 0 Å². The Labute approximate surface area is 149 Å². The highest BCUT2D eigenvalue weighted by molar-refractivity contribution is 7.89. The van der Waals surface area contributed by atoms with E-state index in [1.165, 1.54) is 0 Å². The molecule has 136 valence electrons. The second-order valence-corrected chi connectivity index (χ2v) is 7.86. The largest absolute Gasteiger partial charge is 0.508 e. The lowest BCUT2D eigenvalue weighted by Crippen LogP contribution is -2.41. The lowest BCUT2D eigenvalue weighted by atomic mass is 10.1. The van der Waals surface area contributed by atoms with Crippen LogP contribution in [0.3, 0.4) is 0 Å². The van der Waals surface area contributed by atoms with Gasteiger partial charge in [0.1, 0.15) is 18.1 Å². The second-order valence-electron chi connectivity index (χ2n) is 5.98. The van der Waals surface area contributed by atoms with Gasteiger partial charge in [0.05, 0.1) is 11.8 Å². The smallest absolute Gasteiger partial charge is 0.211 e. The van der Waals surface area contributed by atoms with Crippen molar-refractivity contribution in [2.24, 2.45) is 0 Å². The standard InChI is InChI=1S/C19H25NO4S/c1-2-3-13-25(22,23)20-17(14-16-9-11-18(21)12-10-16)15-24-19-7-5-4-6-8-19/h4-12,17,20-21H,2-3,13-15H2,1H3/t17-/m0/s1. The maximum Gasteiger partial charge on any atom is 0.211 e. The van der Waals surface area contributed by atoms with Crippen molar-refractivity contribution in [2.45, 2.75) is 32.2 Å². The molecule has 0 radical (unpaired) electrons. The molecule has 0 unspecified atom stereocenters. The molecule has 0 aliphatic rings. The van der Waals surface area contributed by atoms with Gasteiger partial charge in [0.15, 0.2) is 0 Å². The molecule has 2 rings (SSSR count). The van der Waals surface area contributed by atoms with Crippen LogP contribution in [-0.4, -0.2) is 31.9 Å². The van der Waals surface area contributed by atoms with Crippen LogP contribution in [0.15, 0.2) is 54.6 Å². The van der Waals surface area contributed by atoms with E-state index in [2.05, 4.69) is 4.72 Å². The molecular weight excluding hydrogens is 338 g/mol. The highest BCUT2D eigenvalue weighted by Crippen LogP contribution is 2.14. The van der Waals surface area contributed by atoms with E-state index < -0.39 is 10.0 Å². The number of phenols is 1. The van der Waals surface area contributed by atoms with Gasteiger partial charge in [-0.25, -0.2) is 13.1 Å². The number of phenolic OH excluding ortho intramolecular Hbond substituents is 1. The monoisotopic (exact) mass is 363 g/mol. The van der Waals surface area contributed by atoms with Gasteiger partial charge in [-0.05, 0) is 42.7 Å². The topological polar surface area (TPSA) is 75.6 Å². The highest BCUT2D eigenvalue weighted by Gasteiger charge is 2.19. The van der Waals surface area contributed by atoms with Gasteiger partial charge in [0, 0.05) is 0 Å². The van der Waals surface area contributed by atoms with Crippen molar-refractivity contribution in [2.75, 3.05) is 12.4 Å². The number of benzene rings is 2. The van der Waals surface area contributed by atoms with Gasteiger partial charge in [-0.15, -0.1) is 0 Å². The van der Waals surface area contributed by atoms with E-state index in [1.807, 2.05) is 37.3 Å². The lowest BCUT2D eigenvalue weighted by Gasteiger charge is -2.19. The number of hydrogen-bond acceptors (Lipinski definition) is 4. The maximum absolute atomic E-state index is 12.2. The summed E-state index contributed by atoms with van der Waals surface area (Å²) >= 11 is 0. The molecule has 0 bridgehead atoms. The summed E-state index contributed by atoms with van der Waals surface area (Å²) in [5.41, 5.74) is 0.928. The average Bonchev–Trinajstić information content (AvgIpc) is 2.60. The first-order valence-electron chi connectivity index (χ1n) is 8.44. The SMILES string of the molecule is CCCCS(=O)(=O)N[C@H](COc1ccccc1)Cc1ccc(O)cc1. The Morgan fingerprint density at radius 2 is 1.76 bits per heavy atom. The molecule has 25 heavy (non-hydrogen) atoms. The molecule has 0 aliphatic carbocycles. The summed E-state index contributed by atoms with van der Waals surface area (Å²) < 4.78 is 33.0. The molecular formula is C19H25NO4S. The summed E-state index contributed by atoms with van der Waals surface area (Å²) in [5, 5.41) is 9.39. The number of rotatable bonds is 10. The lowest BCUT2D eigenvalue weighted by molar-refractivity contribution is 0.278. The Bertz CT molecular complexity index is 730. The van der Waals surface area contributed by atoms with Crippen molar-refractivity contribution >= 4 is 10.0 Å². The minimum atomic E-state index is -3.35. The zero-order valence-corrected chi connectivity index (χ0v) is 15.2. The Morgan fingerprint density at radius 3 is 2.40 bits per heavy atom. The van der Waals surface area contributed by atoms with Crippen LogP contribution in [-0.2, 0) is 16.4 Å². The number of para-hydroxylation sites is 1. The fraction of sp³-hybridized carbons (Fsp3) is 0.368. The number of nitrogens with one attached hydrogen (secondary N) is 1. The summed E-state index contributed by atoms with van der Waals surface area (Å²) in [6.45, 7) is 2.19. The highest BCUT2D eigenvalue weighted by atomic mass is 32.2. The van der Waals surface area contributed by atoms with Gasteiger partial charge < -0.3 is 9.84 Å². The first-order valence-corrected chi connectivity index (χ1v) is 10.1. The molecule has 0 amide bonds. The van der Waals surface area contributed by atoms with Crippen LogP contribution in [0.4, 0.5) is 0 Å². The van der Waals surface area contributed by atoms with Gasteiger partial charge >= 0.3 is 0 Å². The van der Waals surface area contributed by atoms with Crippen molar-refractivity contribution in [3.05, 3.63) is 60.2 Å². The van der Waals surface area contributed by atoms with E-state index in [0.717, 1.165) is 12.0 Å². The van der Waals surface area contributed by atoms with E-state index in [4.69, 9.17) is 4.74 Å². The fourth-order valence-corrected chi connectivity index (χ4v) is 3.86. The molecule has 2 aromatic rings. The summed E-state index contributed by atoms with van der Waals surface area (Å²) in [5.74, 6) is 0.997. The van der Waals surface area contributed by atoms with E-state index in [1.54, 1.807) is 24.3 Å². The van der Waals surface area contributed by atoms with Gasteiger partial charge in [-0.3, -0.25) is 0 Å². The van der Waals surface area contributed by atoms with Crippen LogP contribution in [0.25, 0.3) is 0 Å². The van der Waals surface area contributed by atoms with E-state index >= 15 is 0 Å². The molecule has 0 aliphatic heterocycles. The van der Waals surface area contributed by atoms with E-state index in [9.17, 15) is 13.5 Å². The van der Waals surface area contributed by atoms with Crippen LogP contribution < -0.4 is 9.46 Å². The predicted molar refractivity (Wildman–Crippen MR) is 99.4 cm³/mol. The van der Waals surface area contributed by atoms with Gasteiger partial charge in [0.25, 0.3) is 0 Å². The van der Waals surface area contributed by atoms with E-state index in [0.29, 0.717) is 18.6 Å². The van der Waals surface area contributed by atoms with Crippen LogP contribution >= 0.6 is 0 Å². The third kappa shape index (κ3) is 7.15. The molecule has 0 spiro atoms. The number of unbranched alkanes of at least 4 members (excludes halogenated alkanes) is 1. The average molecular weight is 363 g/mol. The maximum atomic E-state index is 12.2. The fourth-order valence-electron chi connectivity index (χ4n) is 2.41. The van der Waals surface area contributed by atoms with Crippen LogP contribution in [0, 0.1) is 0 Å². The third-order valence-electron chi connectivity index (χ3n) is 3.73. The first-order chi connectivity index (χ1) is 12.0. The van der Waals surface area contributed by atoms with Crippen LogP contribution in [0.1, 0.15) is 25.3 Å². The molecule has 0 fully saturated rings. The van der Waals surface area contributed by atoms with Crippen molar-refractivity contribution < 1.29 is 18.3 Å². The van der Waals surface area contributed by atoms with Gasteiger partial charge in [-0.1, -0.05) is 43.7 Å². The molecule has 0 saturated carbocycles. The minimum Gasteiger partial charge on any atom is -0.508 e. The Morgan fingerprint density at radius 1 is 1.08 bits per heavy atom. The van der Waals surface area contributed by atoms with Crippen molar-refractivity contribution in [3.63, 3.8) is 0 Å². The normalized spacial score (nSPS) is 12.7. The number of aromatic hydroxyl groups is 1. The number of ether oxygens (including phenoxy) is 1.